The van der Waals surface area contributed by atoms with Gasteiger partial charge in [-0.3, -0.25) is 9.59 Å². The first-order valence-electron chi connectivity index (χ1n) is 10.8. The molecule has 0 saturated carbocycles. The minimum absolute atomic E-state index is 0.0290. The third-order valence-electron chi connectivity index (χ3n) is 5.83. The Labute approximate surface area is 229 Å². The van der Waals surface area contributed by atoms with Crippen LogP contribution in [-0.2, 0) is 32.3 Å². The van der Waals surface area contributed by atoms with Crippen LogP contribution in [0.3, 0.4) is 0 Å². The van der Waals surface area contributed by atoms with Crippen LogP contribution in [0, 0.1) is 5.41 Å². The molecule has 4 nitrogen and oxygen atoms in total. The smallest absolute Gasteiger partial charge is 0.328 e. The first-order chi connectivity index (χ1) is 16.8. The number of esters is 2. The van der Waals surface area contributed by atoms with Crippen LogP contribution in [0.15, 0.2) is 111 Å². The summed E-state index contributed by atoms with van der Waals surface area (Å²) in [5.74, 6) is -2.00. The molecule has 0 radical (unpaired) electrons. The van der Waals surface area contributed by atoms with Crippen molar-refractivity contribution < 1.29 is 19.1 Å². The Morgan fingerprint density at radius 2 is 1.11 bits per heavy atom. The standard InChI is InChI=1S/C28H21Br3O4/c1-18-14-15-28(25(18)21-6-12-24(31)13-7-21,26(32)34-16-19-2-8-22(29)9-3-19)27(33)35-17-20-4-10-23(30)11-5-20/h2-15,25H,1,16-17H2. The molecule has 0 N–H and O–H groups in total. The molecule has 0 aromatic heterocycles. The Hall–Kier alpha value is -2.48. The van der Waals surface area contributed by atoms with E-state index in [9.17, 15) is 9.59 Å². The topological polar surface area (TPSA) is 52.6 Å². The van der Waals surface area contributed by atoms with Crippen molar-refractivity contribution in [2.45, 2.75) is 19.1 Å². The van der Waals surface area contributed by atoms with Gasteiger partial charge in [0.25, 0.3) is 0 Å². The third kappa shape index (κ3) is 5.68. The van der Waals surface area contributed by atoms with Gasteiger partial charge in [0.2, 0.25) is 0 Å². The zero-order valence-electron chi connectivity index (χ0n) is 18.5. The fraction of sp³-hybridized carbons (Fsp3) is 0.143. The summed E-state index contributed by atoms with van der Waals surface area (Å²) >= 11 is 10.2. The van der Waals surface area contributed by atoms with Gasteiger partial charge in [-0.1, -0.05) is 103 Å². The van der Waals surface area contributed by atoms with Gasteiger partial charge in [0.05, 0.1) is 0 Å². The highest BCUT2D eigenvalue weighted by atomic mass is 79.9. The number of halogens is 3. The van der Waals surface area contributed by atoms with Gasteiger partial charge in [-0.05, 0) is 58.7 Å². The second kappa shape index (κ2) is 11.1. The van der Waals surface area contributed by atoms with Crippen molar-refractivity contribution in [2.24, 2.45) is 5.41 Å². The normalized spacial score (nSPS) is 16.2. The van der Waals surface area contributed by atoms with Gasteiger partial charge in [0.1, 0.15) is 13.2 Å². The van der Waals surface area contributed by atoms with Crippen LogP contribution < -0.4 is 0 Å². The molecule has 0 fully saturated rings. The zero-order chi connectivity index (χ0) is 25.0. The lowest BCUT2D eigenvalue weighted by Gasteiger charge is -2.31. The quantitative estimate of drug-likeness (QED) is 0.193. The average Bonchev–Trinajstić information content (AvgIpc) is 3.21. The third-order valence-corrected chi connectivity index (χ3v) is 7.42. The first kappa shape index (κ1) is 25.6. The summed E-state index contributed by atoms with van der Waals surface area (Å²) in [5.41, 5.74) is 1.33. The van der Waals surface area contributed by atoms with Gasteiger partial charge in [-0.25, -0.2) is 0 Å². The highest BCUT2D eigenvalue weighted by molar-refractivity contribution is 9.11. The number of hydrogen-bond donors (Lipinski definition) is 0. The van der Waals surface area contributed by atoms with Crippen LogP contribution in [-0.4, -0.2) is 11.9 Å². The van der Waals surface area contributed by atoms with E-state index >= 15 is 0 Å². The molecule has 4 rings (SSSR count). The summed E-state index contributed by atoms with van der Waals surface area (Å²) in [6.45, 7) is 4.18. The van der Waals surface area contributed by atoms with Gasteiger partial charge in [0.15, 0.2) is 5.41 Å². The molecule has 35 heavy (non-hydrogen) atoms. The highest BCUT2D eigenvalue weighted by Gasteiger charge is 2.57. The van der Waals surface area contributed by atoms with Gasteiger partial charge in [-0.2, -0.15) is 0 Å². The van der Waals surface area contributed by atoms with Crippen LogP contribution in [0.5, 0.6) is 0 Å². The van der Waals surface area contributed by atoms with Gasteiger partial charge in [0, 0.05) is 19.3 Å². The number of hydrogen-bond acceptors (Lipinski definition) is 4. The molecule has 0 saturated heterocycles. The lowest BCUT2D eigenvalue weighted by molar-refractivity contribution is -0.170. The monoisotopic (exact) mass is 658 g/mol. The molecule has 1 aliphatic carbocycles. The zero-order valence-corrected chi connectivity index (χ0v) is 23.3. The van der Waals surface area contributed by atoms with Crippen LogP contribution >= 0.6 is 47.8 Å². The highest BCUT2D eigenvalue weighted by Crippen LogP contribution is 2.49. The van der Waals surface area contributed by atoms with Crippen molar-refractivity contribution >= 4 is 59.7 Å². The molecule has 0 amide bonds. The van der Waals surface area contributed by atoms with E-state index < -0.39 is 23.3 Å². The van der Waals surface area contributed by atoms with E-state index in [4.69, 9.17) is 9.47 Å². The van der Waals surface area contributed by atoms with E-state index in [0.717, 1.165) is 30.1 Å². The van der Waals surface area contributed by atoms with Gasteiger partial charge < -0.3 is 9.47 Å². The van der Waals surface area contributed by atoms with E-state index in [1.54, 1.807) is 12.2 Å². The van der Waals surface area contributed by atoms with Gasteiger partial charge in [-0.15, -0.1) is 0 Å². The minimum atomic E-state index is -1.68. The van der Waals surface area contributed by atoms with E-state index in [-0.39, 0.29) is 13.2 Å². The molecule has 7 heteroatoms. The SMILES string of the molecule is C=C1C=CC(C(=O)OCc2ccc(Br)cc2)(C(=O)OCc2ccc(Br)cc2)C1c1ccc(Br)cc1. The van der Waals surface area contributed by atoms with Crippen molar-refractivity contribution in [3.05, 3.63) is 127 Å². The van der Waals surface area contributed by atoms with Crippen LogP contribution in [0.2, 0.25) is 0 Å². The molecule has 0 aliphatic heterocycles. The largest absolute Gasteiger partial charge is 0.460 e. The lowest BCUT2D eigenvalue weighted by atomic mass is 9.73. The maximum Gasteiger partial charge on any atom is 0.328 e. The van der Waals surface area contributed by atoms with Crippen molar-refractivity contribution in [3.63, 3.8) is 0 Å². The predicted molar refractivity (Wildman–Crippen MR) is 145 cm³/mol. The number of rotatable bonds is 7. The summed E-state index contributed by atoms with van der Waals surface area (Å²) in [7, 11) is 0. The molecule has 1 unspecified atom stereocenters. The maximum atomic E-state index is 13.7. The molecule has 1 atom stereocenters. The predicted octanol–water partition coefficient (Wildman–Crippen LogP) is 7.66. The molecular weight excluding hydrogens is 640 g/mol. The summed E-state index contributed by atoms with van der Waals surface area (Å²) in [5, 5.41) is 0. The van der Waals surface area contributed by atoms with E-state index in [0.29, 0.717) is 5.57 Å². The van der Waals surface area contributed by atoms with Crippen LogP contribution in [0.4, 0.5) is 0 Å². The summed E-state index contributed by atoms with van der Waals surface area (Å²) in [6, 6.07) is 22.4. The summed E-state index contributed by atoms with van der Waals surface area (Å²) in [4.78, 5) is 27.3. The van der Waals surface area contributed by atoms with Crippen molar-refractivity contribution in [1.82, 2.24) is 0 Å². The Morgan fingerprint density at radius 3 is 1.54 bits per heavy atom. The molecule has 0 heterocycles. The van der Waals surface area contributed by atoms with Crippen molar-refractivity contribution in [2.75, 3.05) is 0 Å². The van der Waals surface area contributed by atoms with E-state index in [1.165, 1.54) is 0 Å². The fourth-order valence-corrected chi connectivity index (χ4v) is 4.80. The van der Waals surface area contributed by atoms with E-state index in [2.05, 4.69) is 54.4 Å². The second-order valence-corrected chi connectivity index (χ2v) is 10.9. The second-order valence-electron chi connectivity index (χ2n) is 8.17. The number of allylic oxidation sites excluding steroid dienone is 2. The van der Waals surface area contributed by atoms with Crippen LogP contribution in [0.1, 0.15) is 22.6 Å². The number of carbonyl (C=O) groups excluding carboxylic acids is 2. The molecular formula is C28H21Br3O4. The summed E-state index contributed by atoms with van der Waals surface area (Å²) < 4.78 is 14.1. The van der Waals surface area contributed by atoms with Gasteiger partial charge >= 0.3 is 11.9 Å². The fourth-order valence-electron chi connectivity index (χ4n) is 4.01. The minimum Gasteiger partial charge on any atom is -0.460 e. The average molecular weight is 661 g/mol. The number of carbonyl (C=O) groups is 2. The molecule has 178 valence electrons. The van der Waals surface area contributed by atoms with Crippen molar-refractivity contribution in [3.8, 4) is 0 Å². The Balaban J connectivity index is 1.65. The Morgan fingerprint density at radius 1 is 0.714 bits per heavy atom. The first-order valence-corrected chi connectivity index (χ1v) is 13.1. The Bertz CT molecular complexity index is 1200. The maximum absolute atomic E-state index is 13.7. The molecule has 3 aromatic carbocycles. The van der Waals surface area contributed by atoms with Crippen molar-refractivity contribution in [1.29, 1.82) is 0 Å². The lowest BCUT2D eigenvalue weighted by Crippen LogP contribution is -2.43. The Kier molecular flexibility index (Phi) is 8.09. The van der Waals surface area contributed by atoms with Crippen LogP contribution in [0.25, 0.3) is 0 Å². The molecule has 0 bridgehead atoms. The molecule has 1 aliphatic rings. The summed E-state index contributed by atoms with van der Waals surface area (Å²) in [6.07, 6.45) is 3.27. The molecule has 0 spiro atoms. The van der Waals surface area contributed by atoms with E-state index in [1.807, 2.05) is 72.8 Å². The molecule has 3 aromatic rings. The number of ether oxygens (including phenoxy) is 2. The number of benzene rings is 3.